The molecule has 3 heterocycles. The van der Waals surface area contributed by atoms with Gasteiger partial charge in [0.15, 0.2) is 0 Å². The van der Waals surface area contributed by atoms with Crippen molar-refractivity contribution in [3.8, 4) is 11.4 Å². The molecule has 0 radical (unpaired) electrons. The van der Waals surface area contributed by atoms with Crippen LogP contribution in [0.4, 0.5) is 0 Å². The molecule has 132 valence electrons. The van der Waals surface area contributed by atoms with Crippen molar-refractivity contribution in [3.63, 3.8) is 0 Å². The molecule has 0 spiro atoms. The molecule has 1 N–H and O–H groups in total. The van der Waals surface area contributed by atoms with Crippen LogP contribution in [0.1, 0.15) is 47.1 Å². The molecule has 0 saturated carbocycles. The summed E-state index contributed by atoms with van der Waals surface area (Å²) < 4.78 is 7.60. The maximum absolute atomic E-state index is 12.7. The Morgan fingerprint density at radius 2 is 2.24 bits per heavy atom. The molecule has 0 aliphatic rings. The molecule has 1 amide bonds. The van der Waals surface area contributed by atoms with Crippen LogP contribution in [0.3, 0.4) is 0 Å². The van der Waals surface area contributed by atoms with Gasteiger partial charge in [0.25, 0.3) is 5.91 Å². The summed E-state index contributed by atoms with van der Waals surface area (Å²) >= 11 is 1.61. The van der Waals surface area contributed by atoms with Gasteiger partial charge in [-0.3, -0.25) is 4.79 Å². The lowest BCUT2D eigenvalue weighted by atomic mass is 10.2. The molecule has 3 aromatic rings. The van der Waals surface area contributed by atoms with Crippen molar-refractivity contribution in [3.05, 3.63) is 51.9 Å². The van der Waals surface area contributed by atoms with E-state index in [0.29, 0.717) is 12.1 Å². The van der Waals surface area contributed by atoms with Gasteiger partial charge >= 0.3 is 0 Å². The number of aromatic nitrogens is 2. The van der Waals surface area contributed by atoms with Gasteiger partial charge in [0.1, 0.15) is 5.76 Å². The SMILES string of the molecule is CCC(C)NC(=O)c1cc(-c2csc(C)n2)n(Cc2ccco2)c1C. The van der Waals surface area contributed by atoms with Gasteiger partial charge in [0.05, 0.1) is 34.8 Å². The summed E-state index contributed by atoms with van der Waals surface area (Å²) in [4.78, 5) is 17.3. The average molecular weight is 357 g/mol. The molecular formula is C19H23N3O2S. The predicted molar refractivity (Wildman–Crippen MR) is 100 cm³/mol. The predicted octanol–water partition coefficient (Wildman–Crippen LogP) is 4.40. The number of aryl methyl sites for hydroxylation is 1. The van der Waals surface area contributed by atoms with E-state index in [9.17, 15) is 4.79 Å². The topological polar surface area (TPSA) is 60.1 Å². The highest BCUT2D eigenvalue weighted by Gasteiger charge is 2.21. The summed E-state index contributed by atoms with van der Waals surface area (Å²) in [7, 11) is 0. The largest absolute Gasteiger partial charge is 0.467 e. The normalized spacial score (nSPS) is 12.3. The standard InChI is InChI=1S/C19H23N3O2S/c1-5-12(2)20-19(23)16-9-18(17-11-25-14(4)21-17)22(13(16)3)10-15-7-6-8-24-15/h6-9,11-12H,5,10H2,1-4H3,(H,20,23). The fourth-order valence-corrected chi connectivity index (χ4v) is 3.34. The molecule has 25 heavy (non-hydrogen) atoms. The zero-order chi connectivity index (χ0) is 18.0. The van der Waals surface area contributed by atoms with Crippen molar-refractivity contribution >= 4 is 17.2 Å². The van der Waals surface area contributed by atoms with Gasteiger partial charge in [-0.05, 0) is 45.4 Å². The van der Waals surface area contributed by atoms with Gasteiger partial charge in [0, 0.05) is 17.1 Å². The Kier molecular flexibility index (Phi) is 5.08. The summed E-state index contributed by atoms with van der Waals surface area (Å²) in [6, 6.07) is 5.89. The quantitative estimate of drug-likeness (QED) is 0.711. The summed E-state index contributed by atoms with van der Waals surface area (Å²) in [5.41, 5.74) is 3.43. The van der Waals surface area contributed by atoms with Crippen LogP contribution in [0, 0.1) is 13.8 Å². The zero-order valence-electron chi connectivity index (χ0n) is 15.0. The molecule has 6 heteroatoms. The number of amides is 1. The molecule has 1 unspecified atom stereocenters. The Hall–Kier alpha value is -2.34. The number of hydrogen-bond donors (Lipinski definition) is 1. The molecule has 0 aliphatic carbocycles. The second-order valence-electron chi connectivity index (χ2n) is 6.23. The van der Waals surface area contributed by atoms with Crippen molar-refractivity contribution in [2.24, 2.45) is 0 Å². The highest BCUT2D eigenvalue weighted by Crippen LogP contribution is 2.28. The van der Waals surface area contributed by atoms with Gasteiger partial charge in [-0.15, -0.1) is 11.3 Å². The molecule has 0 fully saturated rings. The second kappa shape index (κ2) is 7.27. The Morgan fingerprint density at radius 3 is 2.84 bits per heavy atom. The maximum Gasteiger partial charge on any atom is 0.253 e. The van der Waals surface area contributed by atoms with Gasteiger partial charge in [-0.25, -0.2) is 4.98 Å². The van der Waals surface area contributed by atoms with Crippen molar-refractivity contribution in [2.75, 3.05) is 0 Å². The van der Waals surface area contributed by atoms with Crippen LogP contribution in [0.5, 0.6) is 0 Å². The van der Waals surface area contributed by atoms with E-state index < -0.39 is 0 Å². The van der Waals surface area contributed by atoms with E-state index in [2.05, 4.69) is 21.8 Å². The van der Waals surface area contributed by atoms with Crippen LogP contribution in [0.25, 0.3) is 11.4 Å². The summed E-state index contributed by atoms with van der Waals surface area (Å²) in [6.07, 6.45) is 2.56. The zero-order valence-corrected chi connectivity index (χ0v) is 15.8. The first-order chi connectivity index (χ1) is 12.0. The first-order valence-electron chi connectivity index (χ1n) is 8.45. The van der Waals surface area contributed by atoms with Crippen molar-refractivity contribution in [1.82, 2.24) is 14.9 Å². The average Bonchev–Trinajstić information content (AvgIpc) is 3.30. The minimum atomic E-state index is -0.0433. The third-order valence-corrected chi connectivity index (χ3v) is 5.15. The van der Waals surface area contributed by atoms with Gasteiger partial charge in [-0.1, -0.05) is 6.92 Å². The third-order valence-electron chi connectivity index (χ3n) is 4.38. The van der Waals surface area contributed by atoms with E-state index >= 15 is 0 Å². The molecule has 1 atom stereocenters. The number of carbonyl (C=O) groups is 1. The Bertz CT molecular complexity index is 862. The van der Waals surface area contributed by atoms with Crippen molar-refractivity contribution < 1.29 is 9.21 Å². The van der Waals surface area contributed by atoms with Crippen LogP contribution in [-0.2, 0) is 6.54 Å². The van der Waals surface area contributed by atoms with E-state index in [1.807, 2.05) is 44.4 Å². The number of thiazole rings is 1. The van der Waals surface area contributed by atoms with E-state index in [1.165, 1.54) is 0 Å². The van der Waals surface area contributed by atoms with Gasteiger partial charge < -0.3 is 14.3 Å². The monoisotopic (exact) mass is 357 g/mol. The van der Waals surface area contributed by atoms with E-state index in [0.717, 1.165) is 34.3 Å². The number of furan rings is 1. The van der Waals surface area contributed by atoms with Crippen LogP contribution in [0.15, 0.2) is 34.3 Å². The highest BCUT2D eigenvalue weighted by molar-refractivity contribution is 7.09. The van der Waals surface area contributed by atoms with Crippen LogP contribution in [-0.4, -0.2) is 21.5 Å². The lowest BCUT2D eigenvalue weighted by Crippen LogP contribution is -2.32. The van der Waals surface area contributed by atoms with Crippen LogP contribution >= 0.6 is 11.3 Å². The smallest absolute Gasteiger partial charge is 0.253 e. The van der Waals surface area contributed by atoms with E-state index in [1.54, 1.807) is 17.6 Å². The lowest BCUT2D eigenvalue weighted by molar-refractivity contribution is 0.0938. The Morgan fingerprint density at radius 1 is 1.44 bits per heavy atom. The molecule has 0 bridgehead atoms. The molecule has 3 rings (SSSR count). The van der Waals surface area contributed by atoms with E-state index in [4.69, 9.17) is 4.42 Å². The number of nitrogens with zero attached hydrogens (tertiary/aromatic N) is 2. The van der Waals surface area contributed by atoms with Gasteiger partial charge in [0.2, 0.25) is 0 Å². The van der Waals surface area contributed by atoms with E-state index in [-0.39, 0.29) is 11.9 Å². The molecular weight excluding hydrogens is 334 g/mol. The third kappa shape index (κ3) is 3.69. The fraction of sp³-hybridized carbons (Fsp3) is 0.368. The molecule has 0 aromatic carbocycles. The number of rotatable bonds is 6. The minimum absolute atomic E-state index is 0.0433. The van der Waals surface area contributed by atoms with Gasteiger partial charge in [-0.2, -0.15) is 0 Å². The number of carbonyl (C=O) groups excluding carboxylic acids is 1. The molecule has 3 aromatic heterocycles. The Balaban J connectivity index is 2.03. The summed E-state index contributed by atoms with van der Waals surface area (Å²) in [5, 5.41) is 6.08. The number of hydrogen-bond acceptors (Lipinski definition) is 4. The van der Waals surface area contributed by atoms with Crippen molar-refractivity contribution in [2.45, 2.75) is 46.7 Å². The first-order valence-corrected chi connectivity index (χ1v) is 9.33. The lowest BCUT2D eigenvalue weighted by Gasteiger charge is -2.12. The summed E-state index contributed by atoms with van der Waals surface area (Å²) in [6.45, 7) is 8.59. The Labute approximate surface area is 151 Å². The van der Waals surface area contributed by atoms with Crippen LogP contribution in [0.2, 0.25) is 0 Å². The molecule has 5 nitrogen and oxygen atoms in total. The summed E-state index contributed by atoms with van der Waals surface area (Å²) in [5.74, 6) is 0.805. The fourth-order valence-electron chi connectivity index (χ4n) is 2.73. The highest BCUT2D eigenvalue weighted by atomic mass is 32.1. The first kappa shape index (κ1) is 17.5. The minimum Gasteiger partial charge on any atom is -0.467 e. The molecule has 0 aliphatic heterocycles. The maximum atomic E-state index is 12.7. The van der Waals surface area contributed by atoms with Crippen molar-refractivity contribution in [1.29, 1.82) is 0 Å². The number of nitrogens with one attached hydrogen (secondary N) is 1. The second-order valence-corrected chi connectivity index (χ2v) is 7.29. The molecule has 0 saturated heterocycles. The van der Waals surface area contributed by atoms with Crippen LogP contribution < -0.4 is 5.32 Å².